The summed E-state index contributed by atoms with van der Waals surface area (Å²) in [6, 6.07) is 12.0. The molecule has 0 amide bonds. The molecule has 8 N–H and O–H groups in total. The highest BCUT2D eigenvalue weighted by Gasteiger charge is 2.36. The van der Waals surface area contributed by atoms with E-state index in [9.17, 15) is 40.5 Å². The fourth-order valence-electron chi connectivity index (χ4n) is 5.42. The molecule has 0 aliphatic carbocycles. The second-order valence-corrected chi connectivity index (χ2v) is 9.91. The maximum Gasteiger partial charge on any atom is 0.358 e. The van der Waals surface area contributed by atoms with Crippen LogP contribution < -0.4 is 10.2 Å². The zero-order valence-electron chi connectivity index (χ0n) is 20.9. The summed E-state index contributed by atoms with van der Waals surface area (Å²) < 4.78 is 18.0. The molecule has 206 valence electrons. The summed E-state index contributed by atoms with van der Waals surface area (Å²) in [5.74, 6) is -2.11. The summed E-state index contributed by atoms with van der Waals surface area (Å²) in [6.07, 6.45) is -2.17. The van der Waals surface area contributed by atoms with Gasteiger partial charge in [-0.1, -0.05) is 6.07 Å². The van der Waals surface area contributed by atoms with Crippen LogP contribution in [0.1, 0.15) is 17.2 Å². The van der Waals surface area contributed by atoms with Crippen molar-refractivity contribution in [1.29, 1.82) is 0 Å². The van der Waals surface area contributed by atoms with Gasteiger partial charge in [0.2, 0.25) is 0 Å². The minimum Gasteiger partial charge on any atom is -0.508 e. The molecule has 4 aromatic carbocycles. The SMILES string of the molecule is Oc1cc2oc(-c3ccc(O)c(O)c3)c(O)c3c4c(=[OH+])c5c(cc4oc(c1)c23)O[C@@H](c1ccc(O)c(O)c1)[C@H](O)C5. The van der Waals surface area contributed by atoms with Gasteiger partial charge < -0.3 is 49.3 Å². The van der Waals surface area contributed by atoms with Crippen LogP contribution in [0.3, 0.4) is 0 Å². The van der Waals surface area contributed by atoms with E-state index >= 15 is 0 Å². The van der Waals surface area contributed by atoms with Crippen molar-refractivity contribution in [3.05, 3.63) is 71.2 Å². The first-order chi connectivity index (χ1) is 19.6. The highest BCUT2D eigenvalue weighted by molar-refractivity contribution is 6.20. The predicted octanol–water partition coefficient (Wildman–Crippen LogP) is 4.27. The first-order valence-electron chi connectivity index (χ1n) is 12.4. The molecular weight excluding hydrogens is 536 g/mol. The number of benzene rings is 4. The van der Waals surface area contributed by atoms with Gasteiger partial charge in [-0.25, -0.2) is 0 Å². The van der Waals surface area contributed by atoms with Gasteiger partial charge in [0.05, 0.1) is 16.9 Å². The van der Waals surface area contributed by atoms with Gasteiger partial charge in [0.25, 0.3) is 0 Å². The number of aliphatic hydroxyl groups excluding tert-OH is 1. The molecule has 6 aromatic rings. The van der Waals surface area contributed by atoms with Crippen LogP contribution >= 0.6 is 0 Å². The van der Waals surface area contributed by atoms with E-state index in [0.29, 0.717) is 5.56 Å². The Bertz CT molecular complexity index is 2120. The van der Waals surface area contributed by atoms with E-state index in [4.69, 9.17) is 13.6 Å². The Hall–Kier alpha value is -5.55. The van der Waals surface area contributed by atoms with Crippen molar-refractivity contribution in [3.63, 3.8) is 0 Å². The van der Waals surface area contributed by atoms with E-state index in [2.05, 4.69) is 0 Å². The summed E-state index contributed by atoms with van der Waals surface area (Å²) in [6.45, 7) is 0. The number of fused-ring (bicyclic) bond motifs is 3. The molecule has 0 spiro atoms. The van der Waals surface area contributed by atoms with Crippen molar-refractivity contribution in [2.45, 2.75) is 18.6 Å². The first kappa shape index (κ1) is 24.5. The highest BCUT2D eigenvalue weighted by atomic mass is 16.5. The molecule has 11 heteroatoms. The van der Waals surface area contributed by atoms with Crippen LogP contribution in [-0.4, -0.2) is 46.6 Å². The molecule has 0 fully saturated rings. The Morgan fingerprint density at radius 3 is 2.05 bits per heavy atom. The molecule has 0 radical (unpaired) electrons. The molecule has 0 bridgehead atoms. The van der Waals surface area contributed by atoms with E-state index in [0.717, 1.165) is 0 Å². The molecule has 3 heterocycles. The molecule has 0 unspecified atom stereocenters. The second-order valence-electron chi connectivity index (χ2n) is 9.91. The lowest BCUT2D eigenvalue weighted by molar-refractivity contribution is 0.0199. The number of phenols is 5. The van der Waals surface area contributed by atoms with Gasteiger partial charge in [0.1, 0.15) is 45.3 Å². The Morgan fingerprint density at radius 1 is 0.683 bits per heavy atom. The van der Waals surface area contributed by atoms with Crippen LogP contribution in [0.5, 0.6) is 40.2 Å². The predicted molar refractivity (Wildman–Crippen MR) is 144 cm³/mol. The zero-order valence-corrected chi connectivity index (χ0v) is 20.9. The van der Waals surface area contributed by atoms with E-state index in [1.165, 1.54) is 54.6 Å². The van der Waals surface area contributed by atoms with Crippen molar-refractivity contribution >= 4 is 32.9 Å². The maximum absolute atomic E-state index is 11.5. The Morgan fingerprint density at radius 2 is 1.34 bits per heavy atom. The molecule has 0 saturated carbocycles. The average molecular weight is 557 g/mol. The van der Waals surface area contributed by atoms with Gasteiger partial charge in [-0.15, -0.1) is 0 Å². The quantitative estimate of drug-likeness (QED) is 0.0698. The average Bonchev–Trinajstić information content (AvgIpc) is 2.93. The number of hydrogen-bond acceptors (Lipinski definition) is 10. The molecule has 7 rings (SSSR count). The smallest absolute Gasteiger partial charge is 0.358 e. The number of rotatable bonds is 2. The van der Waals surface area contributed by atoms with E-state index < -0.39 is 23.7 Å². The maximum atomic E-state index is 11.5. The number of aromatic hydroxyl groups is 6. The molecule has 1 aliphatic rings. The Balaban J connectivity index is 1.51. The topological polar surface area (TPSA) is 199 Å². The number of aliphatic hydroxyl groups is 1. The van der Waals surface area contributed by atoms with Gasteiger partial charge in [-0.3, -0.25) is 4.79 Å². The van der Waals surface area contributed by atoms with E-state index in [-0.39, 0.29) is 90.4 Å². The fraction of sp³-hybridized carbons (Fsp3) is 0.100. The van der Waals surface area contributed by atoms with Crippen LogP contribution in [0.25, 0.3) is 44.2 Å². The van der Waals surface area contributed by atoms with Gasteiger partial charge in [0.15, 0.2) is 34.5 Å². The summed E-state index contributed by atoms with van der Waals surface area (Å²) in [7, 11) is 0. The van der Waals surface area contributed by atoms with Gasteiger partial charge in [0, 0.05) is 30.2 Å². The third-order valence-corrected chi connectivity index (χ3v) is 7.35. The molecule has 2 atom stereocenters. The van der Waals surface area contributed by atoms with Crippen LogP contribution in [0.2, 0.25) is 0 Å². The van der Waals surface area contributed by atoms with E-state index in [1.54, 1.807) is 0 Å². The molecule has 1 aliphatic heterocycles. The van der Waals surface area contributed by atoms with Crippen molar-refractivity contribution in [3.8, 4) is 51.6 Å². The molecule has 41 heavy (non-hydrogen) atoms. The van der Waals surface area contributed by atoms with E-state index in [1.807, 2.05) is 0 Å². The molecular formula is C30H21O11+. The number of hydrogen-bond donors (Lipinski definition) is 7. The Kier molecular flexibility index (Phi) is 5.06. The number of ether oxygens (including phenoxy) is 1. The van der Waals surface area contributed by atoms with Gasteiger partial charge in [-0.05, 0) is 35.9 Å². The monoisotopic (exact) mass is 557 g/mol. The zero-order chi connectivity index (χ0) is 28.7. The molecule has 0 saturated heterocycles. The molecule has 11 nitrogen and oxygen atoms in total. The summed E-state index contributed by atoms with van der Waals surface area (Å²) in [5, 5.41) is 72.7. The standard InChI is InChI=1S/C30H20O11/c31-13-7-21-24-22(8-13)41-30(12-2-4-16(33)18(35)6-12)28(38)26(24)25-23(39-21)10-20-14(27(25)37)9-19(36)29(40-20)11-1-3-15(32)17(34)5-11/h1-8,10,19,29,31-36,38H,9H2/p+1/t19-,29+/m1/s1. The lowest BCUT2D eigenvalue weighted by Gasteiger charge is -2.30. The lowest BCUT2D eigenvalue weighted by Crippen LogP contribution is -2.33. The number of phenolic OH excluding ortho intramolecular Hbond substituents is 5. The van der Waals surface area contributed by atoms with Crippen LogP contribution in [0.4, 0.5) is 0 Å². The minimum atomic E-state index is -1.15. The second kappa shape index (κ2) is 8.47. The van der Waals surface area contributed by atoms with Crippen molar-refractivity contribution in [1.82, 2.24) is 0 Å². The van der Waals surface area contributed by atoms with Crippen LogP contribution in [0.15, 0.2) is 63.4 Å². The van der Waals surface area contributed by atoms with Crippen molar-refractivity contribution in [2.24, 2.45) is 0 Å². The Labute approximate surface area is 228 Å². The normalized spacial score (nSPS) is 16.7. The minimum absolute atomic E-state index is 0.0665. The largest absolute Gasteiger partial charge is 0.508 e. The summed E-state index contributed by atoms with van der Waals surface area (Å²) >= 11 is 0. The lowest BCUT2D eigenvalue weighted by atomic mass is 9.92. The van der Waals surface area contributed by atoms with Gasteiger partial charge >= 0.3 is 5.43 Å². The third kappa shape index (κ3) is 3.60. The first-order valence-corrected chi connectivity index (χ1v) is 12.4. The van der Waals surface area contributed by atoms with Crippen LogP contribution in [0, 0.1) is 0 Å². The third-order valence-electron chi connectivity index (χ3n) is 7.35. The van der Waals surface area contributed by atoms with Crippen LogP contribution in [-0.2, 0) is 6.42 Å². The highest BCUT2D eigenvalue weighted by Crippen LogP contribution is 2.47. The van der Waals surface area contributed by atoms with Crippen molar-refractivity contribution < 1.29 is 54.1 Å². The van der Waals surface area contributed by atoms with Crippen molar-refractivity contribution in [2.75, 3.05) is 0 Å². The summed E-state index contributed by atoms with van der Waals surface area (Å²) in [4.78, 5) is 11.5. The summed E-state index contributed by atoms with van der Waals surface area (Å²) in [5.41, 5.74) is 0.787. The van der Waals surface area contributed by atoms with Gasteiger partial charge in [-0.2, -0.15) is 0 Å². The molecule has 2 aromatic heterocycles. The fourth-order valence-corrected chi connectivity index (χ4v) is 5.42.